The summed E-state index contributed by atoms with van der Waals surface area (Å²) in [6, 6.07) is 23.7. The number of carbonyl (C=O) groups is 2. The van der Waals surface area contributed by atoms with Crippen LogP contribution < -0.4 is 19.4 Å². The Labute approximate surface area is 204 Å². The van der Waals surface area contributed by atoms with Crippen LogP contribution in [-0.4, -0.2) is 31.1 Å². The van der Waals surface area contributed by atoms with Crippen LogP contribution in [0.4, 0.5) is 11.4 Å². The van der Waals surface area contributed by atoms with Gasteiger partial charge >= 0.3 is 0 Å². The van der Waals surface area contributed by atoms with Crippen LogP contribution in [0.3, 0.4) is 0 Å². The molecule has 0 spiro atoms. The molecule has 3 aromatic rings. The van der Waals surface area contributed by atoms with E-state index in [1.807, 2.05) is 80.6 Å². The lowest BCUT2D eigenvalue weighted by Crippen LogP contribution is -2.37. The van der Waals surface area contributed by atoms with Crippen molar-refractivity contribution in [3.8, 4) is 11.5 Å². The van der Waals surface area contributed by atoms with E-state index >= 15 is 0 Å². The summed E-state index contributed by atoms with van der Waals surface area (Å²) in [7, 11) is 0. The van der Waals surface area contributed by atoms with Gasteiger partial charge in [0, 0.05) is 0 Å². The molecular formula is C28H28N2O5. The summed E-state index contributed by atoms with van der Waals surface area (Å²) in [6.45, 7) is 5.01. The van der Waals surface area contributed by atoms with E-state index in [1.165, 1.54) is 4.90 Å². The zero-order chi connectivity index (χ0) is 24.4. The summed E-state index contributed by atoms with van der Waals surface area (Å²) in [5.41, 5.74) is 2.12. The molecule has 5 rings (SSSR count). The predicted molar refractivity (Wildman–Crippen MR) is 132 cm³/mol. The van der Waals surface area contributed by atoms with Crippen LogP contribution >= 0.6 is 0 Å². The SMILES string of the molecule is CCCOc1ccc([C@H]2[C@H]3C(=O)N(c4ccccc4)C(=O)[C@H]3ON2c2ccccc2)cc1OCC. The van der Waals surface area contributed by atoms with Gasteiger partial charge in [0.25, 0.3) is 5.91 Å². The van der Waals surface area contributed by atoms with Crippen molar-refractivity contribution in [2.75, 3.05) is 23.2 Å². The maximum absolute atomic E-state index is 13.7. The molecule has 7 nitrogen and oxygen atoms in total. The molecule has 3 atom stereocenters. The molecule has 2 heterocycles. The van der Waals surface area contributed by atoms with E-state index in [4.69, 9.17) is 14.3 Å². The third kappa shape index (κ3) is 4.12. The summed E-state index contributed by atoms with van der Waals surface area (Å²) in [4.78, 5) is 34.6. The molecule has 0 aromatic heterocycles. The minimum Gasteiger partial charge on any atom is -0.490 e. The summed E-state index contributed by atoms with van der Waals surface area (Å²) >= 11 is 0. The van der Waals surface area contributed by atoms with Gasteiger partial charge in [-0.15, -0.1) is 0 Å². The maximum Gasteiger partial charge on any atom is 0.266 e. The molecule has 0 saturated carbocycles. The highest BCUT2D eigenvalue weighted by Crippen LogP contribution is 2.48. The normalized spacial score (nSPS) is 21.4. The van der Waals surface area contributed by atoms with E-state index in [-0.39, 0.29) is 11.8 Å². The largest absolute Gasteiger partial charge is 0.490 e. The molecule has 2 saturated heterocycles. The van der Waals surface area contributed by atoms with Gasteiger partial charge in [0.2, 0.25) is 5.91 Å². The Balaban J connectivity index is 1.57. The Kier molecular flexibility index (Phi) is 6.42. The smallest absolute Gasteiger partial charge is 0.266 e. The second-order valence-electron chi connectivity index (χ2n) is 8.49. The fourth-order valence-electron chi connectivity index (χ4n) is 4.69. The molecule has 0 bridgehead atoms. The number of nitrogens with zero attached hydrogens (tertiary/aromatic N) is 2. The maximum atomic E-state index is 13.7. The third-order valence-corrected chi connectivity index (χ3v) is 6.21. The minimum absolute atomic E-state index is 0.279. The highest BCUT2D eigenvalue weighted by atomic mass is 16.7. The average molecular weight is 473 g/mol. The van der Waals surface area contributed by atoms with Crippen molar-refractivity contribution in [2.45, 2.75) is 32.4 Å². The van der Waals surface area contributed by atoms with Crippen molar-refractivity contribution in [2.24, 2.45) is 5.92 Å². The highest BCUT2D eigenvalue weighted by molar-refractivity contribution is 6.23. The van der Waals surface area contributed by atoms with Crippen LogP contribution in [0.1, 0.15) is 31.9 Å². The Morgan fingerprint density at radius 1 is 0.800 bits per heavy atom. The second kappa shape index (κ2) is 9.80. The first-order valence-electron chi connectivity index (χ1n) is 12.0. The van der Waals surface area contributed by atoms with Gasteiger partial charge in [-0.3, -0.25) is 14.4 Å². The van der Waals surface area contributed by atoms with E-state index in [2.05, 4.69) is 0 Å². The van der Waals surface area contributed by atoms with Crippen LogP contribution in [0.15, 0.2) is 78.9 Å². The van der Waals surface area contributed by atoms with Crippen molar-refractivity contribution in [3.63, 3.8) is 0 Å². The molecule has 2 amide bonds. The van der Waals surface area contributed by atoms with Crippen LogP contribution in [-0.2, 0) is 14.4 Å². The van der Waals surface area contributed by atoms with Crippen LogP contribution in [0.2, 0.25) is 0 Å². The van der Waals surface area contributed by atoms with Crippen LogP contribution in [0.25, 0.3) is 0 Å². The number of amides is 2. The molecule has 2 aliphatic rings. The highest BCUT2D eigenvalue weighted by Gasteiger charge is 2.60. The molecule has 2 fully saturated rings. The Morgan fingerprint density at radius 3 is 2.14 bits per heavy atom. The number of ether oxygens (including phenoxy) is 2. The summed E-state index contributed by atoms with van der Waals surface area (Å²) in [5.74, 6) is -0.0909. The monoisotopic (exact) mass is 472 g/mol. The van der Waals surface area contributed by atoms with Crippen molar-refractivity contribution >= 4 is 23.2 Å². The molecule has 0 unspecified atom stereocenters. The van der Waals surface area contributed by atoms with E-state index in [0.717, 1.165) is 17.7 Å². The topological polar surface area (TPSA) is 68.3 Å². The van der Waals surface area contributed by atoms with Crippen molar-refractivity contribution in [3.05, 3.63) is 84.4 Å². The van der Waals surface area contributed by atoms with Gasteiger partial charge < -0.3 is 9.47 Å². The number of hydroxylamine groups is 1. The molecule has 2 aliphatic heterocycles. The zero-order valence-corrected chi connectivity index (χ0v) is 19.8. The fourth-order valence-corrected chi connectivity index (χ4v) is 4.69. The fraction of sp³-hybridized carbons (Fsp3) is 0.286. The number of hydrogen-bond donors (Lipinski definition) is 0. The van der Waals surface area contributed by atoms with E-state index in [0.29, 0.717) is 30.4 Å². The van der Waals surface area contributed by atoms with Gasteiger partial charge in [-0.1, -0.05) is 49.4 Å². The number of para-hydroxylation sites is 2. The number of hydrogen-bond acceptors (Lipinski definition) is 6. The molecule has 180 valence electrons. The Hall–Kier alpha value is -3.84. The lowest BCUT2D eigenvalue weighted by Gasteiger charge is -2.29. The molecule has 7 heteroatoms. The molecule has 0 radical (unpaired) electrons. The average Bonchev–Trinajstić information content (AvgIpc) is 3.40. The number of benzene rings is 3. The van der Waals surface area contributed by atoms with E-state index < -0.39 is 18.1 Å². The first kappa shape index (κ1) is 22.9. The van der Waals surface area contributed by atoms with Gasteiger partial charge in [-0.2, -0.15) is 0 Å². The van der Waals surface area contributed by atoms with Crippen molar-refractivity contribution in [1.82, 2.24) is 0 Å². The standard InChI is InChI=1S/C28H28N2O5/c1-3-17-34-22-16-15-19(18-23(22)33-4-2)25-24-26(35-30(25)21-13-9-6-10-14-21)28(32)29(27(24)31)20-11-7-5-8-12-20/h5-16,18,24-26H,3-4,17H2,1-2H3/t24-,25+,26+/m1/s1. The van der Waals surface area contributed by atoms with Gasteiger partial charge in [-0.05, 0) is 55.3 Å². The molecular weight excluding hydrogens is 444 g/mol. The lowest BCUT2D eigenvalue weighted by molar-refractivity contribution is -0.126. The van der Waals surface area contributed by atoms with Gasteiger partial charge in [-0.25, -0.2) is 9.96 Å². The minimum atomic E-state index is -0.917. The number of fused-ring (bicyclic) bond motifs is 1. The number of anilines is 2. The molecule has 0 aliphatic carbocycles. The second-order valence-corrected chi connectivity index (χ2v) is 8.49. The van der Waals surface area contributed by atoms with Crippen LogP contribution in [0, 0.1) is 5.92 Å². The van der Waals surface area contributed by atoms with Crippen LogP contribution in [0.5, 0.6) is 11.5 Å². The quantitative estimate of drug-likeness (QED) is 0.433. The number of carbonyl (C=O) groups excluding carboxylic acids is 2. The van der Waals surface area contributed by atoms with Crippen molar-refractivity contribution < 1.29 is 23.9 Å². The van der Waals surface area contributed by atoms with Crippen molar-refractivity contribution in [1.29, 1.82) is 0 Å². The van der Waals surface area contributed by atoms with Gasteiger partial charge in [0.1, 0.15) is 5.92 Å². The van der Waals surface area contributed by atoms with E-state index in [1.54, 1.807) is 17.2 Å². The summed E-state index contributed by atoms with van der Waals surface area (Å²) < 4.78 is 11.7. The summed E-state index contributed by atoms with van der Waals surface area (Å²) in [5, 5.41) is 1.69. The zero-order valence-electron chi connectivity index (χ0n) is 19.8. The Morgan fingerprint density at radius 2 is 1.49 bits per heavy atom. The third-order valence-electron chi connectivity index (χ3n) is 6.21. The first-order valence-corrected chi connectivity index (χ1v) is 12.0. The number of imide groups is 1. The first-order chi connectivity index (χ1) is 17.1. The summed E-state index contributed by atoms with van der Waals surface area (Å²) in [6.07, 6.45) is -0.0409. The molecule has 0 N–H and O–H groups in total. The molecule has 3 aromatic carbocycles. The predicted octanol–water partition coefficient (Wildman–Crippen LogP) is 4.93. The van der Waals surface area contributed by atoms with Gasteiger partial charge in [0.05, 0.1) is 30.6 Å². The lowest BCUT2D eigenvalue weighted by atomic mass is 9.90. The molecule has 35 heavy (non-hydrogen) atoms. The van der Waals surface area contributed by atoms with E-state index in [9.17, 15) is 9.59 Å². The Bertz CT molecular complexity index is 1200. The number of rotatable bonds is 8. The van der Waals surface area contributed by atoms with Gasteiger partial charge in [0.15, 0.2) is 17.6 Å².